The van der Waals surface area contributed by atoms with Crippen molar-refractivity contribution >= 4 is 17.5 Å². The van der Waals surface area contributed by atoms with Gasteiger partial charge in [0.15, 0.2) is 0 Å². The lowest BCUT2D eigenvalue weighted by atomic mass is 10.1. The highest BCUT2D eigenvalue weighted by molar-refractivity contribution is 5.97. The molecule has 19 heavy (non-hydrogen) atoms. The van der Waals surface area contributed by atoms with E-state index in [-0.39, 0.29) is 17.9 Å². The second-order valence-corrected chi connectivity index (χ2v) is 4.58. The van der Waals surface area contributed by atoms with Crippen LogP contribution in [-0.4, -0.2) is 24.9 Å². The standard InChI is InChI=1S/C14H21N3O2/c1-10(15)5-3-8-13(18)17-12-7-4-6-11(9-12)14(19)16-2/h4,6-7,9-10H,3,5,8,15H2,1-2H3,(H,16,19)(H,17,18). The van der Waals surface area contributed by atoms with Gasteiger partial charge in [0.05, 0.1) is 0 Å². The molecule has 104 valence electrons. The highest BCUT2D eigenvalue weighted by atomic mass is 16.2. The average molecular weight is 263 g/mol. The Hall–Kier alpha value is -1.88. The number of carbonyl (C=O) groups is 2. The Bertz CT molecular complexity index is 444. The van der Waals surface area contributed by atoms with Gasteiger partial charge in [-0.05, 0) is 38.0 Å². The molecule has 0 aromatic heterocycles. The van der Waals surface area contributed by atoms with Gasteiger partial charge in [-0.1, -0.05) is 6.07 Å². The molecule has 0 aliphatic rings. The van der Waals surface area contributed by atoms with Crippen LogP contribution in [0.3, 0.4) is 0 Å². The summed E-state index contributed by atoms with van der Waals surface area (Å²) in [5, 5.41) is 5.32. The van der Waals surface area contributed by atoms with Crippen molar-refractivity contribution < 1.29 is 9.59 Å². The number of hydrogen-bond acceptors (Lipinski definition) is 3. The molecule has 0 radical (unpaired) electrons. The Morgan fingerprint density at radius 3 is 2.74 bits per heavy atom. The Morgan fingerprint density at radius 1 is 1.37 bits per heavy atom. The maximum absolute atomic E-state index is 11.7. The third kappa shape index (κ3) is 5.52. The van der Waals surface area contributed by atoms with Crippen molar-refractivity contribution in [3.05, 3.63) is 29.8 Å². The molecule has 0 heterocycles. The molecule has 5 heteroatoms. The molecule has 5 nitrogen and oxygen atoms in total. The number of nitrogens with one attached hydrogen (secondary N) is 2. The minimum atomic E-state index is -0.173. The summed E-state index contributed by atoms with van der Waals surface area (Å²) in [5.74, 6) is -0.234. The van der Waals surface area contributed by atoms with Crippen LogP contribution < -0.4 is 16.4 Å². The number of benzene rings is 1. The summed E-state index contributed by atoms with van der Waals surface area (Å²) < 4.78 is 0. The lowest BCUT2D eigenvalue weighted by Crippen LogP contribution is -2.19. The molecule has 1 atom stereocenters. The lowest BCUT2D eigenvalue weighted by Gasteiger charge is -2.08. The van der Waals surface area contributed by atoms with Crippen LogP contribution in [0, 0.1) is 0 Å². The minimum absolute atomic E-state index is 0.0605. The first kappa shape index (κ1) is 15.2. The molecule has 1 aromatic carbocycles. The summed E-state index contributed by atoms with van der Waals surface area (Å²) >= 11 is 0. The SMILES string of the molecule is CNC(=O)c1cccc(NC(=O)CCCC(C)N)c1. The predicted molar refractivity (Wildman–Crippen MR) is 76.0 cm³/mol. The smallest absolute Gasteiger partial charge is 0.251 e. The van der Waals surface area contributed by atoms with E-state index in [2.05, 4.69) is 10.6 Å². The fourth-order valence-corrected chi connectivity index (χ4v) is 1.69. The van der Waals surface area contributed by atoms with Crippen molar-refractivity contribution in [3.63, 3.8) is 0 Å². The fourth-order valence-electron chi connectivity index (χ4n) is 1.69. The predicted octanol–water partition coefficient (Wildman–Crippen LogP) is 1.50. The molecule has 2 amide bonds. The van der Waals surface area contributed by atoms with Gasteiger partial charge in [-0.25, -0.2) is 0 Å². The molecule has 1 rings (SSSR count). The molecule has 1 unspecified atom stereocenters. The third-order valence-corrected chi connectivity index (χ3v) is 2.70. The van der Waals surface area contributed by atoms with Crippen LogP contribution in [0.15, 0.2) is 24.3 Å². The molecule has 0 bridgehead atoms. The van der Waals surface area contributed by atoms with Gasteiger partial charge in [-0.2, -0.15) is 0 Å². The van der Waals surface area contributed by atoms with E-state index in [9.17, 15) is 9.59 Å². The first-order chi connectivity index (χ1) is 9.02. The van der Waals surface area contributed by atoms with Crippen LogP contribution in [0.1, 0.15) is 36.5 Å². The number of carbonyl (C=O) groups excluding carboxylic acids is 2. The van der Waals surface area contributed by atoms with Gasteiger partial charge in [0.1, 0.15) is 0 Å². The zero-order valence-corrected chi connectivity index (χ0v) is 11.4. The van der Waals surface area contributed by atoms with Gasteiger partial charge in [0.25, 0.3) is 5.91 Å². The second-order valence-electron chi connectivity index (χ2n) is 4.58. The van der Waals surface area contributed by atoms with E-state index in [1.807, 2.05) is 6.92 Å². The van der Waals surface area contributed by atoms with E-state index in [1.54, 1.807) is 31.3 Å². The van der Waals surface area contributed by atoms with Gasteiger partial charge >= 0.3 is 0 Å². The van der Waals surface area contributed by atoms with Gasteiger partial charge < -0.3 is 16.4 Å². The van der Waals surface area contributed by atoms with Crippen molar-refractivity contribution in [2.75, 3.05) is 12.4 Å². The van der Waals surface area contributed by atoms with Crippen LogP contribution in [0.4, 0.5) is 5.69 Å². The Balaban J connectivity index is 2.52. The molecule has 0 spiro atoms. The summed E-state index contributed by atoms with van der Waals surface area (Å²) in [6.07, 6.45) is 2.02. The third-order valence-electron chi connectivity index (χ3n) is 2.70. The Morgan fingerprint density at radius 2 is 2.11 bits per heavy atom. The van der Waals surface area contributed by atoms with Crippen molar-refractivity contribution in [1.29, 1.82) is 0 Å². The highest BCUT2D eigenvalue weighted by Gasteiger charge is 2.06. The average Bonchev–Trinajstić information content (AvgIpc) is 2.37. The van der Waals surface area contributed by atoms with Gasteiger partial charge in [-0.3, -0.25) is 9.59 Å². The monoisotopic (exact) mass is 263 g/mol. The lowest BCUT2D eigenvalue weighted by molar-refractivity contribution is -0.116. The first-order valence-corrected chi connectivity index (χ1v) is 6.40. The minimum Gasteiger partial charge on any atom is -0.355 e. The van der Waals surface area contributed by atoms with Crippen LogP contribution in [0.2, 0.25) is 0 Å². The van der Waals surface area contributed by atoms with Crippen molar-refractivity contribution in [2.24, 2.45) is 5.73 Å². The van der Waals surface area contributed by atoms with Crippen molar-refractivity contribution in [2.45, 2.75) is 32.2 Å². The maximum atomic E-state index is 11.7. The molecule has 0 aliphatic carbocycles. The highest BCUT2D eigenvalue weighted by Crippen LogP contribution is 2.11. The number of nitrogens with two attached hydrogens (primary N) is 1. The largest absolute Gasteiger partial charge is 0.355 e. The van der Waals surface area contributed by atoms with Crippen LogP contribution in [-0.2, 0) is 4.79 Å². The summed E-state index contributed by atoms with van der Waals surface area (Å²) in [5.41, 5.74) is 6.78. The fraction of sp³-hybridized carbons (Fsp3) is 0.429. The molecule has 0 saturated carbocycles. The summed E-state index contributed by atoms with van der Waals surface area (Å²) in [6.45, 7) is 1.92. The Labute approximate surface area is 113 Å². The van der Waals surface area contributed by atoms with Crippen molar-refractivity contribution in [1.82, 2.24) is 5.32 Å². The van der Waals surface area contributed by atoms with Gasteiger partial charge in [-0.15, -0.1) is 0 Å². The van der Waals surface area contributed by atoms with Gasteiger partial charge in [0.2, 0.25) is 5.91 Å². The van der Waals surface area contributed by atoms with E-state index in [0.29, 0.717) is 17.7 Å². The first-order valence-electron chi connectivity index (χ1n) is 6.40. The van der Waals surface area contributed by atoms with E-state index in [4.69, 9.17) is 5.73 Å². The van der Waals surface area contributed by atoms with Gasteiger partial charge in [0, 0.05) is 30.8 Å². The number of amides is 2. The topological polar surface area (TPSA) is 84.2 Å². The summed E-state index contributed by atoms with van der Waals surface area (Å²) in [7, 11) is 1.57. The van der Waals surface area contributed by atoms with Crippen molar-refractivity contribution in [3.8, 4) is 0 Å². The number of rotatable bonds is 6. The molecular weight excluding hydrogens is 242 g/mol. The van der Waals surface area contributed by atoms with Crippen LogP contribution in [0.5, 0.6) is 0 Å². The van der Waals surface area contributed by atoms with E-state index in [0.717, 1.165) is 12.8 Å². The normalized spacial score (nSPS) is 11.7. The molecular formula is C14H21N3O2. The van der Waals surface area contributed by atoms with E-state index in [1.165, 1.54) is 0 Å². The van der Waals surface area contributed by atoms with Crippen LogP contribution in [0.25, 0.3) is 0 Å². The van der Waals surface area contributed by atoms with E-state index < -0.39 is 0 Å². The molecule has 0 fully saturated rings. The summed E-state index contributed by atoms with van der Waals surface area (Å²) in [4.78, 5) is 23.2. The molecule has 0 saturated heterocycles. The van der Waals surface area contributed by atoms with Crippen LogP contribution >= 0.6 is 0 Å². The zero-order valence-electron chi connectivity index (χ0n) is 11.4. The molecule has 4 N–H and O–H groups in total. The number of anilines is 1. The maximum Gasteiger partial charge on any atom is 0.251 e. The zero-order chi connectivity index (χ0) is 14.3. The Kier molecular flexibility index (Phi) is 6.02. The summed E-state index contributed by atoms with van der Waals surface area (Å²) in [6, 6.07) is 6.97. The quantitative estimate of drug-likeness (QED) is 0.727. The molecule has 1 aromatic rings. The second kappa shape index (κ2) is 7.53. The van der Waals surface area contributed by atoms with E-state index >= 15 is 0 Å². The molecule has 0 aliphatic heterocycles. The number of hydrogen-bond donors (Lipinski definition) is 3.